The fourth-order valence-corrected chi connectivity index (χ4v) is 3.19. The molecule has 0 saturated heterocycles. The molecule has 1 N–H and O–H groups in total. The predicted molar refractivity (Wildman–Crippen MR) is 86.1 cm³/mol. The Morgan fingerprint density at radius 2 is 2.10 bits per heavy atom. The highest BCUT2D eigenvalue weighted by Crippen LogP contribution is 2.30. The van der Waals surface area contributed by atoms with Gasteiger partial charge in [0.15, 0.2) is 9.84 Å². The Morgan fingerprint density at radius 1 is 1.33 bits per heavy atom. The molecule has 0 bridgehead atoms. The van der Waals surface area contributed by atoms with Crippen LogP contribution in [0.15, 0.2) is 50.4 Å². The molecule has 6 heteroatoms. The minimum atomic E-state index is -3.23. The van der Waals surface area contributed by atoms with E-state index in [0.29, 0.717) is 4.90 Å². The number of hydrogen-bond donors (Lipinski definition) is 1. The molecular formula is C15H18BrNO3S. The molecule has 1 heterocycles. The van der Waals surface area contributed by atoms with Crippen LogP contribution in [0, 0.1) is 0 Å². The first kappa shape index (κ1) is 16.3. The van der Waals surface area contributed by atoms with Crippen molar-refractivity contribution >= 4 is 25.8 Å². The first-order valence-corrected chi connectivity index (χ1v) is 9.38. The fraction of sp³-hybridized carbons (Fsp3) is 0.333. The van der Waals surface area contributed by atoms with E-state index in [1.807, 2.05) is 12.1 Å². The van der Waals surface area contributed by atoms with Crippen LogP contribution in [0.3, 0.4) is 0 Å². The van der Waals surface area contributed by atoms with E-state index in [0.717, 1.165) is 28.8 Å². The van der Waals surface area contributed by atoms with E-state index < -0.39 is 9.84 Å². The molecule has 2 aromatic rings. The average Bonchev–Trinajstić information content (AvgIpc) is 2.85. The summed E-state index contributed by atoms with van der Waals surface area (Å²) in [7, 11) is -3.23. The molecule has 0 aliphatic rings. The summed E-state index contributed by atoms with van der Waals surface area (Å²) in [5.74, 6) is 0.745. The molecule has 1 atom stereocenters. The topological polar surface area (TPSA) is 59.3 Å². The third-order valence-corrected chi connectivity index (χ3v) is 4.89. The number of furan rings is 1. The van der Waals surface area contributed by atoms with Crippen LogP contribution in [-0.4, -0.2) is 21.2 Å². The van der Waals surface area contributed by atoms with Crippen LogP contribution in [0.4, 0.5) is 0 Å². The van der Waals surface area contributed by atoms with E-state index in [1.165, 1.54) is 6.26 Å². The van der Waals surface area contributed by atoms with Gasteiger partial charge in [-0.25, -0.2) is 8.42 Å². The van der Waals surface area contributed by atoms with E-state index >= 15 is 0 Å². The van der Waals surface area contributed by atoms with Gasteiger partial charge in [-0.1, -0.05) is 19.1 Å². The molecule has 0 aliphatic carbocycles. The highest BCUT2D eigenvalue weighted by molar-refractivity contribution is 9.10. The van der Waals surface area contributed by atoms with Crippen LogP contribution >= 0.6 is 15.9 Å². The van der Waals surface area contributed by atoms with Crippen molar-refractivity contribution in [1.82, 2.24) is 5.32 Å². The minimum Gasteiger partial charge on any atom is -0.466 e. The van der Waals surface area contributed by atoms with Gasteiger partial charge in [-0.05, 0) is 52.7 Å². The lowest BCUT2D eigenvalue weighted by molar-refractivity contribution is 0.444. The van der Waals surface area contributed by atoms with Gasteiger partial charge in [-0.2, -0.15) is 0 Å². The zero-order chi connectivity index (χ0) is 15.5. The maximum absolute atomic E-state index is 11.7. The maximum Gasteiger partial charge on any atom is 0.175 e. The summed E-state index contributed by atoms with van der Waals surface area (Å²) in [5.41, 5.74) is 0.863. The first-order chi connectivity index (χ1) is 9.93. The number of nitrogens with one attached hydrogen (secondary N) is 1. The Labute approximate surface area is 133 Å². The largest absolute Gasteiger partial charge is 0.466 e. The molecule has 1 aromatic heterocycles. The van der Waals surface area contributed by atoms with E-state index in [1.54, 1.807) is 24.5 Å². The molecule has 0 amide bonds. The second-order valence-electron chi connectivity index (χ2n) is 4.86. The van der Waals surface area contributed by atoms with Gasteiger partial charge in [-0.15, -0.1) is 0 Å². The number of benzene rings is 1. The zero-order valence-electron chi connectivity index (χ0n) is 12.0. The van der Waals surface area contributed by atoms with Crippen LogP contribution in [0.1, 0.15) is 30.7 Å². The summed E-state index contributed by atoms with van der Waals surface area (Å²) in [4.78, 5) is 0.311. The van der Waals surface area contributed by atoms with Gasteiger partial charge in [0.25, 0.3) is 0 Å². The Balaban J connectivity index is 2.44. The fourth-order valence-electron chi connectivity index (χ4n) is 2.09. The van der Waals surface area contributed by atoms with Crippen molar-refractivity contribution in [2.75, 3.05) is 12.8 Å². The molecule has 1 aromatic carbocycles. The standard InChI is InChI=1S/C15H18BrNO3S/c1-3-8-17-14(15-13(16)7-9-20-15)11-5-4-6-12(10-11)21(2,18)19/h4-7,9-10,14,17H,3,8H2,1-2H3. The number of halogens is 1. The molecule has 4 nitrogen and oxygen atoms in total. The second kappa shape index (κ2) is 6.77. The van der Waals surface area contributed by atoms with E-state index in [2.05, 4.69) is 28.2 Å². The maximum atomic E-state index is 11.7. The quantitative estimate of drug-likeness (QED) is 0.843. The summed E-state index contributed by atoms with van der Waals surface area (Å²) in [6.07, 6.45) is 3.80. The number of sulfone groups is 1. The van der Waals surface area contributed by atoms with Gasteiger partial charge < -0.3 is 9.73 Å². The van der Waals surface area contributed by atoms with Crippen molar-refractivity contribution < 1.29 is 12.8 Å². The lowest BCUT2D eigenvalue weighted by Gasteiger charge is -2.18. The van der Waals surface area contributed by atoms with Crippen molar-refractivity contribution in [3.8, 4) is 0 Å². The van der Waals surface area contributed by atoms with Gasteiger partial charge in [0.05, 0.1) is 21.7 Å². The van der Waals surface area contributed by atoms with Gasteiger partial charge in [0, 0.05) is 6.26 Å². The Bertz CT molecular complexity index is 709. The van der Waals surface area contributed by atoms with Crippen LogP contribution in [-0.2, 0) is 9.84 Å². The Morgan fingerprint density at radius 3 is 2.67 bits per heavy atom. The first-order valence-electron chi connectivity index (χ1n) is 6.69. The van der Waals surface area contributed by atoms with E-state index in [9.17, 15) is 8.42 Å². The minimum absolute atomic E-state index is 0.184. The monoisotopic (exact) mass is 371 g/mol. The van der Waals surface area contributed by atoms with Crippen molar-refractivity contribution in [1.29, 1.82) is 0 Å². The molecule has 1 unspecified atom stereocenters. The van der Waals surface area contributed by atoms with Gasteiger partial charge in [-0.3, -0.25) is 0 Å². The molecule has 2 rings (SSSR count). The summed E-state index contributed by atoms with van der Waals surface area (Å²) in [6.45, 7) is 2.88. The molecule has 0 radical (unpaired) electrons. The van der Waals surface area contributed by atoms with Crippen molar-refractivity contribution in [3.63, 3.8) is 0 Å². The predicted octanol–water partition coefficient (Wildman–Crippen LogP) is 3.53. The van der Waals surface area contributed by atoms with Crippen LogP contribution in [0.5, 0.6) is 0 Å². The van der Waals surface area contributed by atoms with Crippen LogP contribution in [0.25, 0.3) is 0 Å². The van der Waals surface area contributed by atoms with Gasteiger partial charge >= 0.3 is 0 Å². The Kier molecular flexibility index (Phi) is 5.24. The summed E-state index contributed by atoms with van der Waals surface area (Å²) in [6, 6.07) is 8.59. The highest BCUT2D eigenvalue weighted by atomic mass is 79.9. The van der Waals surface area contributed by atoms with Crippen molar-refractivity contribution in [2.45, 2.75) is 24.3 Å². The average molecular weight is 372 g/mol. The van der Waals surface area contributed by atoms with Crippen LogP contribution < -0.4 is 5.32 Å². The summed E-state index contributed by atoms with van der Waals surface area (Å²) >= 11 is 3.46. The molecule has 114 valence electrons. The van der Waals surface area contributed by atoms with Crippen LogP contribution in [0.2, 0.25) is 0 Å². The summed E-state index contributed by atoms with van der Waals surface area (Å²) < 4.78 is 29.9. The highest BCUT2D eigenvalue weighted by Gasteiger charge is 2.20. The lowest BCUT2D eigenvalue weighted by atomic mass is 10.0. The van der Waals surface area contributed by atoms with E-state index in [-0.39, 0.29) is 6.04 Å². The third-order valence-electron chi connectivity index (χ3n) is 3.12. The normalized spacial score (nSPS) is 13.3. The smallest absolute Gasteiger partial charge is 0.175 e. The number of rotatable bonds is 6. The van der Waals surface area contributed by atoms with Crippen molar-refractivity contribution in [2.24, 2.45) is 0 Å². The molecular weight excluding hydrogens is 354 g/mol. The molecule has 0 spiro atoms. The van der Waals surface area contributed by atoms with E-state index in [4.69, 9.17) is 4.42 Å². The molecule has 0 aliphatic heterocycles. The van der Waals surface area contributed by atoms with Gasteiger partial charge in [0.1, 0.15) is 5.76 Å². The molecule has 0 fully saturated rings. The third kappa shape index (κ3) is 3.96. The zero-order valence-corrected chi connectivity index (χ0v) is 14.4. The lowest BCUT2D eigenvalue weighted by Crippen LogP contribution is -2.23. The SMILES string of the molecule is CCCNC(c1cccc(S(C)(=O)=O)c1)c1occc1Br. The van der Waals surface area contributed by atoms with Gasteiger partial charge in [0.2, 0.25) is 0 Å². The number of hydrogen-bond acceptors (Lipinski definition) is 4. The molecule has 0 saturated carbocycles. The van der Waals surface area contributed by atoms with Crippen molar-refractivity contribution in [3.05, 3.63) is 52.4 Å². The summed E-state index contributed by atoms with van der Waals surface area (Å²) in [5, 5.41) is 3.39. The Hall–Kier alpha value is -1.11. The molecule has 21 heavy (non-hydrogen) atoms. The second-order valence-corrected chi connectivity index (χ2v) is 7.73.